The number of alkyl carbamates (subject to hydrolysis) is 1. The second kappa shape index (κ2) is 11.6. The number of carbonyl (C=O) groups is 3. The van der Waals surface area contributed by atoms with Gasteiger partial charge in [-0.3, -0.25) is 9.59 Å². The van der Waals surface area contributed by atoms with Crippen LogP contribution in [0.25, 0.3) is 11.1 Å². The number of rotatable bonds is 11. The maximum absolute atomic E-state index is 12.3. The number of fused-ring (bicyclic) bond motifs is 3. The van der Waals surface area contributed by atoms with E-state index in [0.717, 1.165) is 0 Å². The highest BCUT2D eigenvalue weighted by Gasteiger charge is 2.29. The molecule has 1 aliphatic carbocycles. The fourth-order valence-corrected chi connectivity index (χ4v) is 4.51. The zero-order valence-electron chi connectivity index (χ0n) is 20.5. The second-order valence-corrected chi connectivity index (χ2v) is 8.91. The lowest BCUT2D eigenvalue weighted by Gasteiger charge is -2.15. The van der Waals surface area contributed by atoms with Crippen LogP contribution in [0, 0.1) is 0 Å². The third-order valence-electron chi connectivity index (χ3n) is 6.09. The van der Waals surface area contributed by atoms with E-state index in [0.29, 0.717) is 25.8 Å². The molecule has 9 nitrogen and oxygen atoms in total. The SMILES string of the molecule is CC(=O)Cc1nnc(C(CCCCNC(=O)OCC2c3ccccc3-c3ccccc32)NC(C)=O)o1. The van der Waals surface area contributed by atoms with Gasteiger partial charge in [-0.05, 0) is 48.4 Å². The Morgan fingerprint density at radius 3 is 2.28 bits per heavy atom. The number of hydrogen-bond acceptors (Lipinski definition) is 7. The van der Waals surface area contributed by atoms with Gasteiger partial charge in [0.25, 0.3) is 0 Å². The number of amides is 2. The van der Waals surface area contributed by atoms with Crippen molar-refractivity contribution in [3.63, 3.8) is 0 Å². The fraction of sp³-hybridized carbons (Fsp3) is 0.370. The summed E-state index contributed by atoms with van der Waals surface area (Å²) in [6, 6.07) is 16.0. The molecule has 0 saturated carbocycles. The quantitative estimate of drug-likeness (QED) is 0.388. The number of ether oxygens (including phenoxy) is 1. The molecule has 2 N–H and O–H groups in total. The third kappa shape index (κ3) is 6.16. The average Bonchev–Trinajstić information content (AvgIpc) is 3.44. The summed E-state index contributed by atoms with van der Waals surface area (Å²) in [5, 5.41) is 13.4. The third-order valence-corrected chi connectivity index (χ3v) is 6.09. The van der Waals surface area contributed by atoms with Gasteiger partial charge in [0, 0.05) is 19.4 Å². The van der Waals surface area contributed by atoms with Crippen LogP contribution in [0.3, 0.4) is 0 Å². The van der Waals surface area contributed by atoms with Crippen molar-refractivity contribution in [2.45, 2.75) is 51.5 Å². The Hall–Kier alpha value is -4.01. The highest BCUT2D eigenvalue weighted by molar-refractivity contribution is 5.79. The van der Waals surface area contributed by atoms with E-state index < -0.39 is 12.1 Å². The minimum atomic E-state index is -0.457. The zero-order chi connectivity index (χ0) is 25.5. The number of nitrogens with zero attached hydrogens (tertiary/aromatic N) is 2. The first-order valence-electron chi connectivity index (χ1n) is 12.1. The molecular formula is C27H30N4O5. The van der Waals surface area contributed by atoms with E-state index in [1.54, 1.807) is 0 Å². The van der Waals surface area contributed by atoms with Gasteiger partial charge in [-0.15, -0.1) is 10.2 Å². The largest absolute Gasteiger partial charge is 0.449 e. The zero-order valence-corrected chi connectivity index (χ0v) is 20.5. The van der Waals surface area contributed by atoms with Crippen molar-refractivity contribution in [3.05, 3.63) is 71.4 Å². The van der Waals surface area contributed by atoms with Crippen LogP contribution in [0.4, 0.5) is 4.79 Å². The average molecular weight is 491 g/mol. The Morgan fingerprint density at radius 2 is 1.64 bits per heavy atom. The first-order chi connectivity index (χ1) is 17.4. The monoisotopic (exact) mass is 490 g/mol. The van der Waals surface area contributed by atoms with E-state index in [4.69, 9.17) is 9.15 Å². The number of unbranched alkanes of at least 4 members (excludes halogenated alkanes) is 1. The Morgan fingerprint density at radius 1 is 0.972 bits per heavy atom. The van der Waals surface area contributed by atoms with E-state index >= 15 is 0 Å². The van der Waals surface area contributed by atoms with Crippen molar-refractivity contribution in [2.24, 2.45) is 0 Å². The molecule has 36 heavy (non-hydrogen) atoms. The second-order valence-electron chi connectivity index (χ2n) is 8.91. The van der Waals surface area contributed by atoms with Gasteiger partial charge in [0.1, 0.15) is 18.4 Å². The van der Waals surface area contributed by atoms with Crippen LogP contribution < -0.4 is 10.6 Å². The van der Waals surface area contributed by atoms with Crippen molar-refractivity contribution < 1.29 is 23.5 Å². The van der Waals surface area contributed by atoms with Gasteiger partial charge in [0.15, 0.2) is 0 Å². The lowest BCUT2D eigenvalue weighted by Crippen LogP contribution is -2.28. The number of carbonyl (C=O) groups excluding carboxylic acids is 3. The first-order valence-corrected chi connectivity index (χ1v) is 12.1. The van der Waals surface area contributed by atoms with Gasteiger partial charge in [0.2, 0.25) is 17.7 Å². The van der Waals surface area contributed by atoms with Crippen LogP contribution in [0.1, 0.15) is 68.0 Å². The highest BCUT2D eigenvalue weighted by Crippen LogP contribution is 2.44. The molecule has 9 heteroatoms. The summed E-state index contributed by atoms with van der Waals surface area (Å²) in [5.41, 5.74) is 4.71. The highest BCUT2D eigenvalue weighted by atomic mass is 16.5. The summed E-state index contributed by atoms with van der Waals surface area (Å²) in [5.74, 6) is 0.211. The molecular weight excluding hydrogens is 460 g/mol. The van der Waals surface area contributed by atoms with E-state index in [2.05, 4.69) is 45.1 Å². The van der Waals surface area contributed by atoms with Crippen molar-refractivity contribution in [1.29, 1.82) is 0 Å². The molecule has 0 saturated heterocycles. The van der Waals surface area contributed by atoms with Gasteiger partial charge >= 0.3 is 6.09 Å². The Kier molecular flexibility index (Phi) is 8.10. The van der Waals surface area contributed by atoms with E-state index in [9.17, 15) is 14.4 Å². The molecule has 0 aliphatic heterocycles. The van der Waals surface area contributed by atoms with E-state index in [1.807, 2.05) is 24.3 Å². The van der Waals surface area contributed by atoms with Crippen molar-refractivity contribution in [1.82, 2.24) is 20.8 Å². The Labute approximate surface area is 209 Å². The number of Topliss-reactive ketones (excluding diaryl/α,β-unsaturated/α-hetero) is 1. The van der Waals surface area contributed by atoms with Gasteiger partial charge in [-0.25, -0.2) is 4.79 Å². The van der Waals surface area contributed by atoms with Gasteiger partial charge < -0.3 is 19.8 Å². The molecule has 1 aromatic heterocycles. The maximum Gasteiger partial charge on any atom is 0.407 e. The van der Waals surface area contributed by atoms with Crippen molar-refractivity contribution in [2.75, 3.05) is 13.2 Å². The number of aromatic nitrogens is 2. The maximum atomic E-state index is 12.3. The first kappa shape index (κ1) is 25.1. The van der Waals surface area contributed by atoms with Gasteiger partial charge in [-0.2, -0.15) is 0 Å². The predicted molar refractivity (Wildman–Crippen MR) is 132 cm³/mol. The molecule has 3 aromatic rings. The molecule has 0 fully saturated rings. The summed E-state index contributed by atoms with van der Waals surface area (Å²) in [7, 11) is 0. The van der Waals surface area contributed by atoms with Crippen LogP contribution >= 0.6 is 0 Å². The van der Waals surface area contributed by atoms with Crippen LogP contribution in [0.15, 0.2) is 52.9 Å². The summed E-state index contributed by atoms with van der Waals surface area (Å²) >= 11 is 0. The Balaban J connectivity index is 1.22. The lowest BCUT2D eigenvalue weighted by atomic mass is 9.98. The molecule has 1 aliphatic rings. The molecule has 0 spiro atoms. The molecule has 2 aromatic carbocycles. The molecule has 4 rings (SSSR count). The minimum absolute atomic E-state index is 0.0175. The molecule has 0 radical (unpaired) electrons. The predicted octanol–water partition coefficient (Wildman–Crippen LogP) is 4.09. The number of nitrogens with one attached hydrogen (secondary N) is 2. The topological polar surface area (TPSA) is 123 Å². The minimum Gasteiger partial charge on any atom is -0.449 e. The smallest absolute Gasteiger partial charge is 0.407 e. The normalized spacial score (nSPS) is 12.9. The van der Waals surface area contributed by atoms with Crippen LogP contribution in [-0.4, -0.2) is 41.1 Å². The summed E-state index contributed by atoms with van der Waals surface area (Å²) < 4.78 is 11.1. The number of hydrogen-bond donors (Lipinski definition) is 2. The molecule has 0 bridgehead atoms. The van der Waals surface area contributed by atoms with Crippen LogP contribution in [-0.2, 0) is 20.7 Å². The number of benzene rings is 2. The van der Waals surface area contributed by atoms with Crippen molar-refractivity contribution >= 4 is 17.8 Å². The van der Waals surface area contributed by atoms with Crippen LogP contribution in [0.2, 0.25) is 0 Å². The molecule has 1 atom stereocenters. The number of ketones is 1. The molecule has 188 valence electrons. The molecule has 2 amide bonds. The summed E-state index contributed by atoms with van der Waals surface area (Å²) in [6.45, 7) is 3.56. The van der Waals surface area contributed by atoms with Crippen molar-refractivity contribution in [3.8, 4) is 11.1 Å². The standard InChI is InChI=1S/C27H30N4O5/c1-17(32)15-25-30-31-26(36-25)24(29-18(2)33)13-7-8-14-28-27(34)35-16-23-21-11-5-3-9-19(21)20-10-4-6-12-22(20)23/h3-6,9-12,23-24H,7-8,13-16H2,1-2H3,(H,28,34)(H,29,33). The lowest BCUT2D eigenvalue weighted by molar-refractivity contribution is -0.120. The van der Waals surface area contributed by atoms with E-state index in [-0.39, 0.29) is 42.4 Å². The summed E-state index contributed by atoms with van der Waals surface area (Å²) in [6.07, 6.45) is 1.52. The summed E-state index contributed by atoms with van der Waals surface area (Å²) in [4.78, 5) is 35.2. The fourth-order valence-electron chi connectivity index (χ4n) is 4.51. The van der Waals surface area contributed by atoms with Gasteiger partial charge in [-0.1, -0.05) is 48.5 Å². The van der Waals surface area contributed by atoms with E-state index in [1.165, 1.54) is 36.1 Å². The van der Waals surface area contributed by atoms with Gasteiger partial charge in [0.05, 0.1) is 6.42 Å². The van der Waals surface area contributed by atoms with Crippen LogP contribution in [0.5, 0.6) is 0 Å². The molecule has 1 unspecified atom stereocenters. The Bertz CT molecular complexity index is 1190. The molecule has 1 heterocycles.